The number of carbonyl (C=O) groups excluding carboxylic acids is 2. The quantitative estimate of drug-likeness (QED) is 0.683. The van der Waals surface area contributed by atoms with E-state index in [0.717, 1.165) is 36.3 Å². The maximum Gasteiger partial charge on any atom is 0.261 e. The van der Waals surface area contributed by atoms with Gasteiger partial charge in [-0.1, -0.05) is 30.3 Å². The first-order valence-corrected chi connectivity index (χ1v) is 11.5. The summed E-state index contributed by atoms with van der Waals surface area (Å²) in [5.74, 6) is 0.825. The van der Waals surface area contributed by atoms with Crippen LogP contribution in [0.15, 0.2) is 48.1 Å². The summed E-state index contributed by atoms with van der Waals surface area (Å²) in [6.07, 6.45) is 3.65. The van der Waals surface area contributed by atoms with Gasteiger partial charge in [-0.2, -0.15) is 5.10 Å². The van der Waals surface area contributed by atoms with Gasteiger partial charge >= 0.3 is 0 Å². The molecule has 1 aromatic carbocycles. The molecule has 5 rings (SSSR count). The van der Waals surface area contributed by atoms with Gasteiger partial charge in [0.1, 0.15) is 12.2 Å². The minimum atomic E-state index is -0.269. The van der Waals surface area contributed by atoms with Crippen LogP contribution in [-0.2, 0) is 17.8 Å². The van der Waals surface area contributed by atoms with Crippen LogP contribution in [0.5, 0.6) is 0 Å². The van der Waals surface area contributed by atoms with Crippen LogP contribution in [0.1, 0.15) is 45.5 Å². The summed E-state index contributed by atoms with van der Waals surface area (Å²) in [5.41, 5.74) is 1.98. The Morgan fingerprint density at radius 3 is 2.84 bits per heavy atom. The van der Waals surface area contributed by atoms with Crippen molar-refractivity contribution in [2.45, 2.75) is 38.8 Å². The van der Waals surface area contributed by atoms with E-state index in [1.807, 2.05) is 58.3 Å². The molecule has 1 spiro atoms. The fourth-order valence-corrected chi connectivity index (χ4v) is 5.50. The first kappa shape index (κ1) is 19.9. The van der Waals surface area contributed by atoms with Gasteiger partial charge in [-0.15, -0.1) is 11.3 Å². The van der Waals surface area contributed by atoms with Crippen LogP contribution in [0.25, 0.3) is 0 Å². The summed E-state index contributed by atoms with van der Waals surface area (Å²) in [6, 6.07) is 11.5. The van der Waals surface area contributed by atoms with Gasteiger partial charge < -0.3 is 10.2 Å². The van der Waals surface area contributed by atoms with Gasteiger partial charge in [-0.05, 0) is 42.3 Å². The summed E-state index contributed by atoms with van der Waals surface area (Å²) >= 11 is 1.42. The Morgan fingerprint density at radius 1 is 1.19 bits per heavy atom. The molecular formula is C23H25N5O2S. The predicted octanol–water partition coefficient (Wildman–Crippen LogP) is 2.98. The monoisotopic (exact) mass is 435 g/mol. The molecule has 1 N–H and O–H groups in total. The van der Waals surface area contributed by atoms with E-state index >= 15 is 0 Å². The number of benzene rings is 1. The lowest BCUT2D eigenvalue weighted by atomic mass is 9.74. The third-order valence-corrected chi connectivity index (χ3v) is 7.57. The number of aromatic nitrogens is 3. The Kier molecular flexibility index (Phi) is 5.09. The highest BCUT2D eigenvalue weighted by Crippen LogP contribution is 2.47. The van der Waals surface area contributed by atoms with E-state index in [1.54, 1.807) is 6.33 Å². The maximum atomic E-state index is 13.1. The average molecular weight is 436 g/mol. The molecular weight excluding hydrogens is 410 g/mol. The molecule has 0 saturated carbocycles. The molecule has 2 atom stereocenters. The number of likely N-dealkylation sites (tertiary alicyclic amines) is 1. The lowest BCUT2D eigenvalue weighted by Crippen LogP contribution is -2.48. The molecule has 7 nitrogen and oxygen atoms in total. The van der Waals surface area contributed by atoms with E-state index < -0.39 is 0 Å². The molecule has 160 valence electrons. The molecule has 1 saturated heterocycles. The van der Waals surface area contributed by atoms with Crippen LogP contribution >= 0.6 is 11.3 Å². The number of fused-ring (bicyclic) bond motifs is 1. The van der Waals surface area contributed by atoms with Gasteiger partial charge in [0.05, 0.1) is 17.3 Å². The number of thiophene rings is 1. The molecule has 0 aliphatic carbocycles. The van der Waals surface area contributed by atoms with Crippen molar-refractivity contribution >= 4 is 23.2 Å². The molecule has 4 heterocycles. The Morgan fingerprint density at radius 2 is 2.03 bits per heavy atom. The standard InChI is InChI=1S/C23H25N5O2S/c1-16-5-2-3-6-17(16)13-19(29)27-10-8-23(14-27)9-11-28-21(24-15-25-28)20(23)26-22(30)18-7-4-12-31-18/h2-7,12,15,20H,8-11,13-14H2,1H3,(H,26,30)/t20-,23+/m0/s1. The molecule has 0 radical (unpaired) electrons. The molecule has 2 aromatic heterocycles. The van der Waals surface area contributed by atoms with Crippen LogP contribution in [0.4, 0.5) is 0 Å². The van der Waals surface area contributed by atoms with Gasteiger partial charge in [0.25, 0.3) is 5.91 Å². The van der Waals surface area contributed by atoms with Gasteiger partial charge in [-0.25, -0.2) is 9.67 Å². The van der Waals surface area contributed by atoms with Gasteiger partial charge in [-0.3, -0.25) is 9.59 Å². The second kappa shape index (κ2) is 7.92. The third-order valence-electron chi connectivity index (χ3n) is 6.70. The lowest BCUT2D eigenvalue weighted by Gasteiger charge is -2.40. The highest BCUT2D eigenvalue weighted by atomic mass is 32.1. The summed E-state index contributed by atoms with van der Waals surface area (Å²) in [7, 11) is 0. The first-order valence-electron chi connectivity index (χ1n) is 10.6. The van der Waals surface area contributed by atoms with E-state index in [0.29, 0.717) is 24.4 Å². The topological polar surface area (TPSA) is 80.1 Å². The van der Waals surface area contributed by atoms with Crippen molar-refractivity contribution in [3.63, 3.8) is 0 Å². The summed E-state index contributed by atoms with van der Waals surface area (Å²) in [6.45, 7) is 4.11. The van der Waals surface area contributed by atoms with Crippen LogP contribution < -0.4 is 5.32 Å². The molecule has 2 aliphatic rings. The minimum Gasteiger partial charge on any atom is -0.342 e. The van der Waals surface area contributed by atoms with Crippen LogP contribution in [0.2, 0.25) is 0 Å². The Hall–Kier alpha value is -3.00. The minimum absolute atomic E-state index is 0.0967. The normalized spacial score (nSPS) is 22.5. The van der Waals surface area contributed by atoms with Gasteiger partial charge in [0.15, 0.2) is 0 Å². The number of nitrogens with zero attached hydrogens (tertiary/aromatic N) is 4. The van der Waals surface area contributed by atoms with Crippen LogP contribution in [-0.4, -0.2) is 44.6 Å². The van der Waals surface area contributed by atoms with Crippen molar-refractivity contribution in [3.8, 4) is 0 Å². The number of hydrogen-bond acceptors (Lipinski definition) is 5. The number of amides is 2. The fourth-order valence-electron chi connectivity index (χ4n) is 4.87. The highest BCUT2D eigenvalue weighted by Gasteiger charge is 2.50. The van der Waals surface area contributed by atoms with Crippen molar-refractivity contribution in [2.75, 3.05) is 13.1 Å². The summed E-state index contributed by atoms with van der Waals surface area (Å²) in [4.78, 5) is 33.1. The summed E-state index contributed by atoms with van der Waals surface area (Å²) < 4.78 is 1.88. The second-order valence-corrected chi connectivity index (χ2v) is 9.45. The molecule has 1 fully saturated rings. The zero-order valence-electron chi connectivity index (χ0n) is 17.5. The van der Waals surface area contributed by atoms with Crippen LogP contribution in [0, 0.1) is 12.3 Å². The third kappa shape index (κ3) is 3.65. The number of carbonyl (C=O) groups is 2. The van der Waals surface area contributed by atoms with Crippen molar-refractivity contribution in [1.82, 2.24) is 25.0 Å². The molecule has 31 heavy (non-hydrogen) atoms. The van der Waals surface area contributed by atoms with Crippen molar-refractivity contribution in [3.05, 3.63) is 69.9 Å². The van der Waals surface area contributed by atoms with Gasteiger partial charge in [0.2, 0.25) is 5.91 Å². The molecule has 3 aromatic rings. The maximum absolute atomic E-state index is 13.1. The Labute approximate surface area is 185 Å². The molecule has 0 bridgehead atoms. The smallest absolute Gasteiger partial charge is 0.261 e. The first-order chi connectivity index (χ1) is 15.1. The highest BCUT2D eigenvalue weighted by molar-refractivity contribution is 7.12. The number of nitrogens with one attached hydrogen (secondary N) is 1. The van der Waals surface area contributed by atoms with E-state index in [-0.39, 0.29) is 23.3 Å². The van der Waals surface area contributed by atoms with Crippen molar-refractivity contribution in [1.29, 1.82) is 0 Å². The number of rotatable bonds is 4. The van der Waals surface area contributed by atoms with E-state index in [4.69, 9.17) is 0 Å². The van der Waals surface area contributed by atoms with E-state index in [9.17, 15) is 9.59 Å². The lowest BCUT2D eigenvalue weighted by molar-refractivity contribution is -0.130. The molecule has 2 aliphatic heterocycles. The predicted molar refractivity (Wildman–Crippen MR) is 118 cm³/mol. The Bertz CT molecular complexity index is 1110. The van der Waals surface area contributed by atoms with Gasteiger partial charge in [0, 0.05) is 25.0 Å². The van der Waals surface area contributed by atoms with E-state index in [2.05, 4.69) is 15.4 Å². The second-order valence-electron chi connectivity index (χ2n) is 8.51. The molecule has 2 amide bonds. The largest absolute Gasteiger partial charge is 0.342 e. The average Bonchev–Trinajstić information content (AvgIpc) is 3.53. The van der Waals surface area contributed by atoms with E-state index in [1.165, 1.54) is 11.3 Å². The number of aryl methyl sites for hydroxylation is 2. The zero-order chi connectivity index (χ0) is 21.4. The Balaban J connectivity index is 1.38. The molecule has 8 heteroatoms. The van der Waals surface area contributed by atoms with Crippen molar-refractivity contribution < 1.29 is 9.59 Å². The zero-order valence-corrected chi connectivity index (χ0v) is 18.3. The SMILES string of the molecule is Cc1ccccc1CC(=O)N1CC[C@@]2(CCn3ncnc3[C@@H]2NC(=O)c2cccs2)C1. The van der Waals surface area contributed by atoms with Crippen molar-refractivity contribution in [2.24, 2.45) is 5.41 Å². The summed E-state index contributed by atoms with van der Waals surface area (Å²) in [5, 5.41) is 9.45. The number of hydrogen-bond donors (Lipinski definition) is 1. The van der Waals surface area contributed by atoms with Crippen LogP contribution in [0.3, 0.4) is 0 Å². The molecule has 0 unspecified atom stereocenters. The fraction of sp³-hybridized carbons (Fsp3) is 0.391.